The smallest absolute Gasteiger partial charge is 0.262 e. The summed E-state index contributed by atoms with van der Waals surface area (Å²) in [4.78, 5) is 4.69. The van der Waals surface area contributed by atoms with E-state index in [1.807, 2.05) is 0 Å². The van der Waals surface area contributed by atoms with Crippen molar-refractivity contribution in [2.24, 2.45) is 0 Å². The number of anilines is 1. The molecular weight excluding hydrogens is 306 g/mol. The van der Waals surface area contributed by atoms with Gasteiger partial charge in [-0.25, -0.2) is 13.4 Å². The van der Waals surface area contributed by atoms with Gasteiger partial charge in [0.15, 0.2) is 5.03 Å². The van der Waals surface area contributed by atoms with Crippen LogP contribution >= 0.6 is 22.9 Å². The predicted octanol–water partition coefficient (Wildman–Crippen LogP) is 2.20. The summed E-state index contributed by atoms with van der Waals surface area (Å²) < 4.78 is 26.5. The largest absolute Gasteiger partial charge is 0.396 e. The second kappa shape index (κ2) is 5.46. The van der Waals surface area contributed by atoms with E-state index >= 15 is 0 Å². The fourth-order valence-electron chi connectivity index (χ4n) is 1.51. The van der Waals surface area contributed by atoms with Crippen molar-refractivity contribution < 1.29 is 8.42 Å². The molecule has 8 heteroatoms. The van der Waals surface area contributed by atoms with Crippen LogP contribution in [0.1, 0.15) is 4.88 Å². The molecule has 0 saturated heterocycles. The van der Waals surface area contributed by atoms with E-state index in [2.05, 4.69) is 4.98 Å². The highest BCUT2D eigenvalue weighted by Gasteiger charge is 2.25. The van der Waals surface area contributed by atoms with Gasteiger partial charge in [-0.3, -0.25) is 0 Å². The Kier molecular flexibility index (Phi) is 4.10. The molecule has 0 aliphatic rings. The Morgan fingerprint density at radius 2 is 2.16 bits per heavy atom. The highest BCUT2D eigenvalue weighted by Crippen LogP contribution is 2.25. The highest BCUT2D eigenvalue weighted by molar-refractivity contribution is 7.89. The van der Waals surface area contributed by atoms with E-state index < -0.39 is 10.0 Å². The Labute approximate surface area is 120 Å². The molecule has 0 aliphatic carbocycles. The van der Waals surface area contributed by atoms with Gasteiger partial charge in [-0.2, -0.15) is 4.31 Å². The van der Waals surface area contributed by atoms with Crippen molar-refractivity contribution in [3.05, 3.63) is 39.7 Å². The minimum absolute atomic E-state index is 0.125. The van der Waals surface area contributed by atoms with Crippen LogP contribution in [0.2, 0.25) is 4.34 Å². The first-order valence-electron chi connectivity index (χ1n) is 5.32. The maximum atomic E-state index is 12.3. The average molecular weight is 318 g/mol. The van der Waals surface area contributed by atoms with Crippen molar-refractivity contribution in [2.75, 3.05) is 12.8 Å². The summed E-state index contributed by atoms with van der Waals surface area (Å²) in [7, 11) is -2.21. The van der Waals surface area contributed by atoms with E-state index in [0.29, 0.717) is 4.34 Å². The molecular formula is C11H12ClN3O2S2. The van der Waals surface area contributed by atoms with Gasteiger partial charge in [-0.15, -0.1) is 11.3 Å². The molecule has 0 atom stereocenters. The first-order chi connectivity index (χ1) is 8.91. The Hall–Kier alpha value is -1.15. The van der Waals surface area contributed by atoms with E-state index in [-0.39, 0.29) is 17.3 Å². The molecule has 2 aromatic heterocycles. The first-order valence-corrected chi connectivity index (χ1v) is 7.96. The van der Waals surface area contributed by atoms with Crippen LogP contribution in [0.15, 0.2) is 35.5 Å². The standard InChI is InChI=1S/C11H12ClN3O2S2/c1-15(7-8-4-5-10(12)18-8)19(16,17)11-9(13)3-2-6-14-11/h2-6H,7,13H2,1H3. The van der Waals surface area contributed by atoms with Gasteiger partial charge < -0.3 is 5.73 Å². The van der Waals surface area contributed by atoms with Crippen molar-refractivity contribution in [1.29, 1.82) is 0 Å². The maximum absolute atomic E-state index is 12.3. The molecule has 2 N–H and O–H groups in total. The molecule has 102 valence electrons. The van der Waals surface area contributed by atoms with Crippen LogP contribution in [0.4, 0.5) is 5.69 Å². The molecule has 2 rings (SSSR count). The number of nitrogens with two attached hydrogens (primary N) is 1. The van der Waals surface area contributed by atoms with Gasteiger partial charge >= 0.3 is 0 Å². The van der Waals surface area contributed by atoms with Crippen LogP contribution in [0.3, 0.4) is 0 Å². The third kappa shape index (κ3) is 3.06. The van der Waals surface area contributed by atoms with Crippen molar-refractivity contribution in [3.8, 4) is 0 Å². The van der Waals surface area contributed by atoms with Crippen LogP contribution < -0.4 is 5.73 Å². The minimum atomic E-state index is -3.70. The topological polar surface area (TPSA) is 76.3 Å². The van der Waals surface area contributed by atoms with Crippen molar-refractivity contribution in [2.45, 2.75) is 11.6 Å². The molecule has 0 aromatic carbocycles. The summed E-state index contributed by atoms with van der Waals surface area (Å²) in [6, 6.07) is 6.63. The molecule has 19 heavy (non-hydrogen) atoms. The van der Waals surface area contributed by atoms with E-state index in [0.717, 1.165) is 4.88 Å². The molecule has 0 bridgehead atoms. The monoisotopic (exact) mass is 317 g/mol. The molecule has 0 fully saturated rings. The second-order valence-electron chi connectivity index (χ2n) is 3.86. The zero-order valence-corrected chi connectivity index (χ0v) is 12.5. The van der Waals surface area contributed by atoms with E-state index in [9.17, 15) is 8.42 Å². The Bertz CT molecular complexity index is 685. The number of sulfonamides is 1. The zero-order valence-electron chi connectivity index (χ0n) is 10.1. The number of hydrogen-bond donors (Lipinski definition) is 1. The molecule has 5 nitrogen and oxygen atoms in total. The lowest BCUT2D eigenvalue weighted by Crippen LogP contribution is -2.27. The van der Waals surface area contributed by atoms with Gasteiger partial charge in [-0.05, 0) is 24.3 Å². The summed E-state index contributed by atoms with van der Waals surface area (Å²) in [5.41, 5.74) is 5.79. The summed E-state index contributed by atoms with van der Waals surface area (Å²) in [6.45, 7) is 0.232. The van der Waals surface area contributed by atoms with Crippen LogP contribution in [-0.4, -0.2) is 24.8 Å². The van der Waals surface area contributed by atoms with Crippen molar-refractivity contribution >= 4 is 38.6 Å². The molecule has 0 unspecified atom stereocenters. The molecule has 0 amide bonds. The van der Waals surface area contributed by atoms with Crippen molar-refractivity contribution in [1.82, 2.24) is 9.29 Å². The van der Waals surface area contributed by atoms with Gasteiger partial charge in [0.25, 0.3) is 10.0 Å². The lowest BCUT2D eigenvalue weighted by molar-refractivity contribution is 0.467. The maximum Gasteiger partial charge on any atom is 0.262 e. The summed E-state index contributed by atoms with van der Waals surface area (Å²) >= 11 is 7.16. The Balaban J connectivity index is 2.27. The highest BCUT2D eigenvalue weighted by atomic mass is 35.5. The van der Waals surface area contributed by atoms with Gasteiger partial charge in [0.05, 0.1) is 10.0 Å². The predicted molar refractivity (Wildman–Crippen MR) is 76.6 cm³/mol. The van der Waals surface area contributed by atoms with Gasteiger partial charge in [0.1, 0.15) is 0 Å². The Morgan fingerprint density at radius 3 is 2.74 bits per heavy atom. The zero-order chi connectivity index (χ0) is 14.0. The van der Waals surface area contributed by atoms with Crippen molar-refractivity contribution in [3.63, 3.8) is 0 Å². The molecule has 2 heterocycles. The third-order valence-corrected chi connectivity index (χ3v) is 5.46. The van der Waals surface area contributed by atoms with E-state index in [4.69, 9.17) is 17.3 Å². The average Bonchev–Trinajstić information content (AvgIpc) is 2.75. The number of halogens is 1. The lowest BCUT2D eigenvalue weighted by atomic mass is 10.4. The quantitative estimate of drug-likeness (QED) is 0.938. The summed E-state index contributed by atoms with van der Waals surface area (Å²) in [5, 5.41) is -0.125. The molecule has 0 radical (unpaired) electrons. The minimum Gasteiger partial charge on any atom is -0.396 e. The number of hydrogen-bond acceptors (Lipinski definition) is 5. The van der Waals surface area contributed by atoms with E-state index in [1.165, 1.54) is 35.0 Å². The summed E-state index contributed by atoms with van der Waals surface area (Å²) in [5.74, 6) is 0. The van der Waals surface area contributed by atoms with E-state index in [1.54, 1.807) is 18.2 Å². The van der Waals surface area contributed by atoms with Gasteiger partial charge in [0.2, 0.25) is 0 Å². The fraction of sp³-hybridized carbons (Fsp3) is 0.182. The number of rotatable bonds is 4. The second-order valence-corrected chi connectivity index (χ2v) is 7.62. The number of pyridine rings is 1. The first kappa shape index (κ1) is 14.3. The number of aromatic nitrogens is 1. The van der Waals surface area contributed by atoms with Crippen LogP contribution in [0, 0.1) is 0 Å². The number of nitrogens with zero attached hydrogens (tertiary/aromatic N) is 2. The number of nitrogen functional groups attached to an aromatic ring is 1. The van der Waals surface area contributed by atoms with Crippen LogP contribution in [0.5, 0.6) is 0 Å². The van der Waals surface area contributed by atoms with Crippen LogP contribution in [-0.2, 0) is 16.6 Å². The lowest BCUT2D eigenvalue weighted by Gasteiger charge is -2.16. The van der Waals surface area contributed by atoms with Gasteiger partial charge in [0, 0.05) is 24.7 Å². The molecule has 0 saturated carbocycles. The SMILES string of the molecule is CN(Cc1ccc(Cl)s1)S(=O)(=O)c1ncccc1N. The van der Waals surface area contributed by atoms with Crippen LogP contribution in [0.25, 0.3) is 0 Å². The van der Waals surface area contributed by atoms with Gasteiger partial charge in [-0.1, -0.05) is 11.6 Å². The Morgan fingerprint density at radius 1 is 1.42 bits per heavy atom. The third-order valence-electron chi connectivity index (χ3n) is 2.46. The summed E-state index contributed by atoms with van der Waals surface area (Å²) in [6.07, 6.45) is 1.40. The normalized spacial score (nSPS) is 11.9. The molecule has 0 spiro atoms. The fourth-order valence-corrected chi connectivity index (χ4v) is 3.89. The molecule has 0 aliphatic heterocycles. The number of thiophene rings is 1. The molecule has 2 aromatic rings.